The van der Waals surface area contributed by atoms with Gasteiger partial charge in [0.2, 0.25) is 0 Å². The number of rotatable bonds is 3. The Hall–Kier alpha value is -1.33. The molecule has 2 heteroatoms. The van der Waals surface area contributed by atoms with Crippen molar-refractivity contribution in [3.05, 3.63) is 35.4 Å². The second-order valence-electron chi connectivity index (χ2n) is 5.71. The van der Waals surface area contributed by atoms with Gasteiger partial charge >= 0.3 is 0 Å². The summed E-state index contributed by atoms with van der Waals surface area (Å²) in [6.45, 7) is 8.16. The van der Waals surface area contributed by atoms with E-state index < -0.39 is 0 Å². The topological polar surface area (TPSA) is 27.0 Å². The van der Waals surface area contributed by atoms with Gasteiger partial charge in [0.25, 0.3) is 0 Å². The van der Waals surface area contributed by atoms with E-state index in [0.29, 0.717) is 5.92 Å². The SMILES string of the molecule is CC(C)CN1CCC(c2cccc(C#N)c2)CC1. The Morgan fingerprint density at radius 1 is 1.33 bits per heavy atom. The molecule has 0 amide bonds. The second kappa shape index (κ2) is 6.02. The molecule has 1 aliphatic heterocycles. The highest BCUT2D eigenvalue weighted by molar-refractivity contribution is 5.34. The monoisotopic (exact) mass is 242 g/mol. The minimum atomic E-state index is 0.640. The molecule has 0 bridgehead atoms. The van der Waals surface area contributed by atoms with Crippen LogP contribution in [-0.4, -0.2) is 24.5 Å². The van der Waals surface area contributed by atoms with Gasteiger partial charge in [-0.25, -0.2) is 0 Å². The zero-order chi connectivity index (χ0) is 13.0. The van der Waals surface area contributed by atoms with E-state index in [1.807, 2.05) is 12.1 Å². The van der Waals surface area contributed by atoms with Crippen molar-refractivity contribution in [3.63, 3.8) is 0 Å². The smallest absolute Gasteiger partial charge is 0.0991 e. The molecule has 96 valence electrons. The molecule has 1 fully saturated rings. The Morgan fingerprint density at radius 2 is 2.06 bits per heavy atom. The number of hydrogen-bond donors (Lipinski definition) is 0. The fraction of sp³-hybridized carbons (Fsp3) is 0.562. The summed E-state index contributed by atoms with van der Waals surface area (Å²) >= 11 is 0. The quantitative estimate of drug-likeness (QED) is 0.812. The predicted octanol–water partition coefficient (Wildman–Crippen LogP) is 3.39. The molecule has 18 heavy (non-hydrogen) atoms. The van der Waals surface area contributed by atoms with Crippen LogP contribution in [0.2, 0.25) is 0 Å². The lowest BCUT2D eigenvalue weighted by Gasteiger charge is -2.33. The summed E-state index contributed by atoms with van der Waals surface area (Å²) in [5.74, 6) is 1.39. The van der Waals surface area contributed by atoms with Gasteiger partial charge in [-0.2, -0.15) is 5.26 Å². The van der Waals surface area contributed by atoms with Crippen LogP contribution in [0, 0.1) is 17.2 Å². The van der Waals surface area contributed by atoms with Crippen molar-refractivity contribution in [3.8, 4) is 6.07 Å². The molecule has 0 saturated carbocycles. The average Bonchev–Trinajstić information content (AvgIpc) is 2.39. The van der Waals surface area contributed by atoms with E-state index in [0.717, 1.165) is 11.5 Å². The zero-order valence-electron chi connectivity index (χ0n) is 11.4. The summed E-state index contributed by atoms with van der Waals surface area (Å²) in [5, 5.41) is 8.94. The maximum Gasteiger partial charge on any atom is 0.0991 e. The first-order chi connectivity index (χ1) is 8.69. The molecule has 2 rings (SSSR count). The molecular formula is C16H22N2. The number of nitrogens with zero attached hydrogens (tertiary/aromatic N) is 2. The molecule has 0 N–H and O–H groups in total. The molecule has 1 saturated heterocycles. The van der Waals surface area contributed by atoms with Crippen molar-refractivity contribution < 1.29 is 0 Å². The summed E-state index contributed by atoms with van der Waals surface area (Å²) in [4.78, 5) is 2.56. The van der Waals surface area contributed by atoms with Gasteiger partial charge in [0.1, 0.15) is 0 Å². The average molecular weight is 242 g/mol. The first kappa shape index (κ1) is 13.1. The molecule has 0 radical (unpaired) electrons. The van der Waals surface area contributed by atoms with Gasteiger partial charge in [0.15, 0.2) is 0 Å². The minimum absolute atomic E-state index is 0.640. The van der Waals surface area contributed by atoms with E-state index in [2.05, 4.69) is 36.9 Å². The van der Waals surface area contributed by atoms with Crippen LogP contribution >= 0.6 is 0 Å². The lowest BCUT2D eigenvalue weighted by atomic mass is 9.88. The largest absolute Gasteiger partial charge is 0.303 e. The lowest BCUT2D eigenvalue weighted by Crippen LogP contribution is -2.35. The normalized spacial score (nSPS) is 17.9. The molecule has 0 atom stereocenters. The van der Waals surface area contributed by atoms with Crippen LogP contribution in [0.25, 0.3) is 0 Å². The molecule has 0 aliphatic carbocycles. The fourth-order valence-electron chi connectivity index (χ4n) is 2.83. The van der Waals surface area contributed by atoms with Crippen LogP contribution in [0.3, 0.4) is 0 Å². The van der Waals surface area contributed by atoms with Gasteiger partial charge in [0, 0.05) is 6.54 Å². The van der Waals surface area contributed by atoms with E-state index in [9.17, 15) is 0 Å². The van der Waals surface area contributed by atoms with Crippen LogP contribution in [-0.2, 0) is 0 Å². The van der Waals surface area contributed by atoms with Crippen LogP contribution < -0.4 is 0 Å². The third-order valence-electron chi connectivity index (χ3n) is 3.70. The fourth-order valence-corrected chi connectivity index (χ4v) is 2.83. The van der Waals surface area contributed by atoms with Crippen LogP contribution in [0.5, 0.6) is 0 Å². The van der Waals surface area contributed by atoms with E-state index in [1.165, 1.54) is 38.0 Å². The summed E-state index contributed by atoms with van der Waals surface area (Å²) < 4.78 is 0. The highest BCUT2D eigenvalue weighted by atomic mass is 15.1. The minimum Gasteiger partial charge on any atom is -0.303 e. The number of hydrogen-bond acceptors (Lipinski definition) is 2. The Bertz CT molecular complexity index is 423. The van der Waals surface area contributed by atoms with Crippen molar-refractivity contribution >= 4 is 0 Å². The molecular weight excluding hydrogens is 220 g/mol. The van der Waals surface area contributed by atoms with Gasteiger partial charge in [-0.05, 0) is 55.5 Å². The highest BCUT2D eigenvalue weighted by Crippen LogP contribution is 2.28. The third-order valence-corrected chi connectivity index (χ3v) is 3.70. The summed E-state index contributed by atoms with van der Waals surface area (Å²) in [7, 11) is 0. The van der Waals surface area contributed by atoms with Crippen LogP contribution in [0.1, 0.15) is 43.7 Å². The standard InChI is InChI=1S/C16H22N2/c1-13(2)12-18-8-6-15(7-9-18)16-5-3-4-14(10-16)11-17/h3-5,10,13,15H,6-9,12H2,1-2H3. The van der Waals surface area contributed by atoms with Gasteiger partial charge in [0.05, 0.1) is 11.6 Å². The van der Waals surface area contributed by atoms with E-state index in [4.69, 9.17) is 5.26 Å². The number of likely N-dealkylation sites (tertiary alicyclic amines) is 1. The van der Waals surface area contributed by atoms with Crippen molar-refractivity contribution in [2.24, 2.45) is 5.92 Å². The molecule has 2 nitrogen and oxygen atoms in total. The van der Waals surface area contributed by atoms with Crippen molar-refractivity contribution in [2.45, 2.75) is 32.6 Å². The zero-order valence-corrected chi connectivity index (χ0v) is 11.4. The highest BCUT2D eigenvalue weighted by Gasteiger charge is 2.20. The van der Waals surface area contributed by atoms with Crippen molar-refractivity contribution in [1.82, 2.24) is 4.90 Å². The Kier molecular flexibility index (Phi) is 4.38. The van der Waals surface area contributed by atoms with Gasteiger partial charge in [-0.1, -0.05) is 26.0 Å². The molecule has 1 aromatic rings. The molecule has 1 heterocycles. The number of nitriles is 1. The van der Waals surface area contributed by atoms with Gasteiger partial charge < -0.3 is 4.90 Å². The Labute approximate surface area is 110 Å². The van der Waals surface area contributed by atoms with Crippen molar-refractivity contribution in [2.75, 3.05) is 19.6 Å². The van der Waals surface area contributed by atoms with E-state index >= 15 is 0 Å². The summed E-state index contributed by atoms with van der Waals surface area (Å²) in [5.41, 5.74) is 2.13. The molecule has 0 unspecified atom stereocenters. The Balaban J connectivity index is 1.95. The van der Waals surface area contributed by atoms with Crippen molar-refractivity contribution in [1.29, 1.82) is 5.26 Å². The molecule has 1 aromatic carbocycles. The second-order valence-corrected chi connectivity index (χ2v) is 5.71. The van der Waals surface area contributed by atoms with Gasteiger partial charge in [-0.15, -0.1) is 0 Å². The maximum atomic E-state index is 8.94. The first-order valence-electron chi connectivity index (χ1n) is 6.91. The molecule has 0 aromatic heterocycles. The van der Waals surface area contributed by atoms with Gasteiger partial charge in [-0.3, -0.25) is 0 Å². The first-order valence-corrected chi connectivity index (χ1v) is 6.91. The van der Waals surface area contributed by atoms with E-state index in [-0.39, 0.29) is 0 Å². The van der Waals surface area contributed by atoms with E-state index in [1.54, 1.807) is 0 Å². The molecule has 1 aliphatic rings. The molecule has 0 spiro atoms. The third kappa shape index (κ3) is 3.34. The van der Waals surface area contributed by atoms with Crippen LogP contribution in [0.15, 0.2) is 24.3 Å². The number of piperidine rings is 1. The predicted molar refractivity (Wildman–Crippen MR) is 74.4 cm³/mol. The Morgan fingerprint density at radius 3 is 2.67 bits per heavy atom. The number of benzene rings is 1. The lowest BCUT2D eigenvalue weighted by molar-refractivity contribution is 0.192. The summed E-state index contributed by atoms with van der Waals surface area (Å²) in [6, 6.07) is 10.4. The maximum absolute atomic E-state index is 8.94. The summed E-state index contributed by atoms with van der Waals surface area (Å²) in [6.07, 6.45) is 2.45. The van der Waals surface area contributed by atoms with Crippen LogP contribution in [0.4, 0.5) is 0 Å².